The average Bonchev–Trinajstić information content (AvgIpc) is 2.43. The molecular weight excluding hydrogens is 254 g/mol. The number of anilines is 1. The first kappa shape index (κ1) is 14.4. The fourth-order valence-corrected chi connectivity index (χ4v) is 2.40. The maximum Gasteiger partial charge on any atom is 0.242 e. The van der Waals surface area contributed by atoms with Gasteiger partial charge in [0.15, 0.2) is 0 Å². The summed E-state index contributed by atoms with van der Waals surface area (Å²) in [7, 11) is 0. The molecule has 0 aromatic heterocycles. The highest BCUT2D eigenvalue weighted by Crippen LogP contribution is 2.13. The Labute approximate surface area is 119 Å². The Bertz CT molecular complexity index is 502. The lowest BCUT2D eigenvalue weighted by Gasteiger charge is -2.33. The number of nitrogen functional groups attached to an aromatic ring is 1. The Morgan fingerprint density at radius 3 is 2.25 bits per heavy atom. The number of hydrogen-bond acceptors (Lipinski definition) is 3. The zero-order valence-corrected chi connectivity index (χ0v) is 11.8. The van der Waals surface area contributed by atoms with E-state index in [0.717, 1.165) is 17.7 Å². The van der Waals surface area contributed by atoms with E-state index < -0.39 is 0 Å². The van der Waals surface area contributed by atoms with Gasteiger partial charge >= 0.3 is 0 Å². The summed E-state index contributed by atoms with van der Waals surface area (Å²) in [5, 5.41) is 0. The van der Waals surface area contributed by atoms with E-state index in [1.54, 1.807) is 9.80 Å². The first-order valence-electron chi connectivity index (χ1n) is 7.00. The summed E-state index contributed by atoms with van der Waals surface area (Å²) >= 11 is 0. The molecule has 1 aliphatic heterocycles. The Hall–Kier alpha value is -2.04. The van der Waals surface area contributed by atoms with Crippen molar-refractivity contribution >= 4 is 17.5 Å². The summed E-state index contributed by atoms with van der Waals surface area (Å²) in [5.74, 6) is 0.0556. The van der Waals surface area contributed by atoms with Crippen molar-refractivity contribution in [2.75, 3.05) is 31.9 Å². The van der Waals surface area contributed by atoms with Crippen molar-refractivity contribution in [2.24, 2.45) is 0 Å². The van der Waals surface area contributed by atoms with Gasteiger partial charge in [-0.2, -0.15) is 0 Å². The third-order valence-corrected chi connectivity index (χ3v) is 3.56. The highest BCUT2D eigenvalue weighted by molar-refractivity contribution is 5.92. The number of rotatable bonds is 5. The predicted molar refractivity (Wildman–Crippen MR) is 78.0 cm³/mol. The van der Waals surface area contributed by atoms with Crippen molar-refractivity contribution in [1.82, 2.24) is 9.80 Å². The second-order valence-corrected chi connectivity index (χ2v) is 5.08. The number of nitrogens with two attached hydrogens (primary N) is 1. The number of carbonyl (C=O) groups is 2. The van der Waals surface area contributed by atoms with Crippen LogP contribution in [0.3, 0.4) is 0 Å². The third kappa shape index (κ3) is 3.29. The van der Waals surface area contributed by atoms with E-state index in [1.165, 1.54) is 0 Å². The minimum Gasteiger partial charge on any atom is -0.399 e. The van der Waals surface area contributed by atoms with E-state index in [2.05, 4.69) is 0 Å². The molecule has 2 amide bonds. The average molecular weight is 275 g/mol. The van der Waals surface area contributed by atoms with Crippen LogP contribution in [0.4, 0.5) is 5.69 Å². The highest BCUT2D eigenvalue weighted by atomic mass is 16.2. The number of nitrogens with zero attached hydrogens (tertiary/aromatic N) is 2. The molecule has 1 aromatic carbocycles. The molecule has 1 aromatic rings. The summed E-state index contributed by atoms with van der Waals surface area (Å²) in [6.07, 6.45) is 1.55. The van der Waals surface area contributed by atoms with Crippen molar-refractivity contribution in [1.29, 1.82) is 0 Å². The minimum absolute atomic E-state index is 0.0209. The predicted octanol–water partition coefficient (Wildman–Crippen LogP) is 0.892. The molecule has 108 valence electrons. The summed E-state index contributed by atoms with van der Waals surface area (Å²) in [5.41, 5.74) is 7.63. The van der Waals surface area contributed by atoms with Gasteiger partial charge in [-0.1, -0.05) is 25.1 Å². The lowest BCUT2D eigenvalue weighted by molar-refractivity contribution is -0.150. The van der Waals surface area contributed by atoms with Crippen LogP contribution in [-0.2, 0) is 16.0 Å². The number of hydrogen-bond donors (Lipinski definition) is 1. The molecule has 0 bridgehead atoms. The summed E-state index contributed by atoms with van der Waals surface area (Å²) in [6.45, 7) is 3.59. The van der Waals surface area contributed by atoms with Crippen molar-refractivity contribution in [3.8, 4) is 0 Å². The zero-order valence-electron chi connectivity index (χ0n) is 11.8. The summed E-state index contributed by atoms with van der Waals surface area (Å²) in [4.78, 5) is 27.2. The molecule has 0 radical (unpaired) electrons. The van der Waals surface area contributed by atoms with Crippen LogP contribution in [0.2, 0.25) is 0 Å². The molecule has 20 heavy (non-hydrogen) atoms. The van der Waals surface area contributed by atoms with Gasteiger partial charge in [0.2, 0.25) is 11.8 Å². The van der Waals surface area contributed by atoms with Gasteiger partial charge in [-0.25, -0.2) is 0 Å². The lowest BCUT2D eigenvalue weighted by atomic mass is 10.1. The molecule has 0 unspecified atom stereocenters. The molecule has 0 saturated carbocycles. The van der Waals surface area contributed by atoms with E-state index in [0.29, 0.717) is 19.5 Å². The summed E-state index contributed by atoms with van der Waals surface area (Å²) in [6, 6.07) is 7.62. The van der Waals surface area contributed by atoms with Gasteiger partial charge in [0, 0.05) is 18.8 Å². The standard InChI is InChI=1S/C15H21N3O2/c1-2-8-17-10-15(20)18(11-14(17)19)9-7-12-5-3-4-6-13(12)16/h3-6H,2,7-11,16H2,1H3. The Kier molecular flexibility index (Phi) is 4.61. The smallest absolute Gasteiger partial charge is 0.242 e. The number of carbonyl (C=O) groups excluding carboxylic acids is 2. The van der Waals surface area contributed by atoms with Gasteiger partial charge in [-0.3, -0.25) is 9.59 Å². The van der Waals surface area contributed by atoms with Gasteiger partial charge in [0.25, 0.3) is 0 Å². The minimum atomic E-state index is 0.0209. The van der Waals surface area contributed by atoms with Crippen LogP contribution in [0, 0.1) is 0 Å². The molecule has 1 saturated heterocycles. The fourth-order valence-electron chi connectivity index (χ4n) is 2.40. The Balaban J connectivity index is 1.93. The fraction of sp³-hybridized carbons (Fsp3) is 0.467. The third-order valence-electron chi connectivity index (χ3n) is 3.56. The SMILES string of the molecule is CCCN1CC(=O)N(CCc2ccccc2N)CC1=O. The molecule has 2 N–H and O–H groups in total. The van der Waals surface area contributed by atoms with Gasteiger partial charge in [0.1, 0.15) is 0 Å². The van der Waals surface area contributed by atoms with E-state index in [9.17, 15) is 9.59 Å². The Morgan fingerprint density at radius 1 is 1.05 bits per heavy atom. The van der Waals surface area contributed by atoms with E-state index in [4.69, 9.17) is 5.73 Å². The van der Waals surface area contributed by atoms with Crippen LogP contribution in [0.15, 0.2) is 24.3 Å². The molecule has 0 aliphatic carbocycles. The van der Waals surface area contributed by atoms with Crippen molar-refractivity contribution in [3.63, 3.8) is 0 Å². The number of amides is 2. The van der Waals surface area contributed by atoms with Gasteiger partial charge in [0.05, 0.1) is 13.1 Å². The molecule has 2 rings (SSSR count). The lowest BCUT2D eigenvalue weighted by Crippen LogP contribution is -2.54. The van der Waals surface area contributed by atoms with Gasteiger partial charge < -0.3 is 15.5 Å². The molecule has 1 aliphatic rings. The molecule has 1 fully saturated rings. The normalized spacial score (nSPS) is 15.8. The van der Waals surface area contributed by atoms with E-state index in [-0.39, 0.29) is 24.9 Å². The first-order valence-corrected chi connectivity index (χ1v) is 7.00. The summed E-state index contributed by atoms with van der Waals surface area (Å²) < 4.78 is 0. The quantitative estimate of drug-likeness (QED) is 0.812. The van der Waals surface area contributed by atoms with Gasteiger partial charge in [-0.15, -0.1) is 0 Å². The topological polar surface area (TPSA) is 66.6 Å². The molecule has 0 spiro atoms. The Morgan fingerprint density at radius 2 is 1.65 bits per heavy atom. The molecular formula is C15H21N3O2. The second-order valence-electron chi connectivity index (χ2n) is 5.08. The van der Waals surface area contributed by atoms with Crippen LogP contribution in [-0.4, -0.2) is 47.8 Å². The van der Waals surface area contributed by atoms with Crippen LogP contribution in [0.25, 0.3) is 0 Å². The van der Waals surface area contributed by atoms with E-state index >= 15 is 0 Å². The maximum absolute atomic E-state index is 12.0. The van der Waals surface area contributed by atoms with Gasteiger partial charge in [-0.05, 0) is 24.5 Å². The maximum atomic E-state index is 12.0. The van der Waals surface area contributed by atoms with Crippen LogP contribution < -0.4 is 5.73 Å². The van der Waals surface area contributed by atoms with E-state index in [1.807, 2.05) is 31.2 Å². The largest absolute Gasteiger partial charge is 0.399 e. The zero-order chi connectivity index (χ0) is 14.5. The molecule has 1 heterocycles. The van der Waals surface area contributed by atoms with Crippen LogP contribution >= 0.6 is 0 Å². The van der Waals surface area contributed by atoms with Crippen molar-refractivity contribution in [3.05, 3.63) is 29.8 Å². The van der Waals surface area contributed by atoms with Crippen molar-refractivity contribution < 1.29 is 9.59 Å². The van der Waals surface area contributed by atoms with Crippen LogP contribution in [0.5, 0.6) is 0 Å². The monoisotopic (exact) mass is 275 g/mol. The highest BCUT2D eigenvalue weighted by Gasteiger charge is 2.28. The number of para-hydroxylation sites is 1. The second kappa shape index (κ2) is 6.41. The number of piperazine rings is 1. The molecule has 5 nitrogen and oxygen atoms in total. The molecule has 0 atom stereocenters. The first-order chi connectivity index (χ1) is 9.61. The van der Waals surface area contributed by atoms with Crippen LogP contribution in [0.1, 0.15) is 18.9 Å². The molecule has 5 heteroatoms. The van der Waals surface area contributed by atoms with Crippen molar-refractivity contribution in [2.45, 2.75) is 19.8 Å². The number of benzene rings is 1.